The molecule has 1 aliphatic heterocycles. The van der Waals surface area contributed by atoms with E-state index in [1.807, 2.05) is 0 Å². The van der Waals surface area contributed by atoms with Crippen molar-refractivity contribution in [2.24, 2.45) is 5.92 Å². The number of aromatic nitrogens is 4. The number of hydrogen-bond acceptors (Lipinski definition) is 7. The van der Waals surface area contributed by atoms with Crippen LogP contribution in [-0.4, -0.2) is 45.9 Å². The van der Waals surface area contributed by atoms with Crippen molar-refractivity contribution >= 4 is 10.0 Å². The number of halogens is 1. The Morgan fingerprint density at radius 1 is 1.31 bits per heavy atom. The average Bonchev–Trinajstić information content (AvgIpc) is 3.17. The van der Waals surface area contributed by atoms with E-state index in [4.69, 9.17) is 4.52 Å². The van der Waals surface area contributed by atoms with E-state index in [0.717, 1.165) is 12.8 Å². The largest absolute Gasteiger partial charge is 0.339 e. The van der Waals surface area contributed by atoms with Crippen molar-refractivity contribution in [3.63, 3.8) is 0 Å². The first-order valence-corrected chi connectivity index (χ1v) is 10.7. The van der Waals surface area contributed by atoms with Crippen molar-refractivity contribution < 1.29 is 17.3 Å². The number of hydrogen-bond donors (Lipinski definition) is 0. The highest BCUT2D eigenvalue weighted by atomic mass is 32.2. The third kappa shape index (κ3) is 4.18. The first-order chi connectivity index (χ1) is 13.9. The Labute approximate surface area is 167 Å². The Hall–Kier alpha value is -2.72. The van der Waals surface area contributed by atoms with Crippen LogP contribution in [0.25, 0.3) is 11.5 Å². The van der Waals surface area contributed by atoms with Crippen LogP contribution in [0.15, 0.2) is 46.2 Å². The van der Waals surface area contributed by atoms with E-state index in [9.17, 15) is 12.8 Å². The third-order valence-electron chi connectivity index (χ3n) is 4.96. The lowest BCUT2D eigenvalue weighted by atomic mass is 9.96. The highest BCUT2D eigenvalue weighted by Gasteiger charge is 2.32. The second kappa shape index (κ2) is 7.96. The summed E-state index contributed by atoms with van der Waals surface area (Å²) in [4.78, 5) is 12.6. The molecule has 152 valence electrons. The quantitative estimate of drug-likeness (QED) is 0.629. The van der Waals surface area contributed by atoms with Crippen molar-refractivity contribution in [1.29, 1.82) is 0 Å². The molecule has 1 aromatic carbocycles. The maximum absolute atomic E-state index is 13.4. The van der Waals surface area contributed by atoms with Gasteiger partial charge in [-0.05, 0) is 49.4 Å². The SMILES string of the molecule is Cc1cc(F)ccc1S(=O)(=O)N1CCCC(Cc2nc(-c3cnccn3)no2)C1. The predicted octanol–water partition coefficient (Wildman–Crippen LogP) is 2.62. The fourth-order valence-electron chi connectivity index (χ4n) is 3.56. The van der Waals surface area contributed by atoms with Gasteiger partial charge in [-0.3, -0.25) is 4.98 Å². The molecule has 4 rings (SSSR count). The first kappa shape index (κ1) is 19.6. The molecule has 0 saturated carbocycles. The molecule has 0 amide bonds. The van der Waals surface area contributed by atoms with Gasteiger partial charge in [0.1, 0.15) is 11.5 Å². The van der Waals surface area contributed by atoms with Gasteiger partial charge in [0.25, 0.3) is 0 Å². The van der Waals surface area contributed by atoms with Gasteiger partial charge in [0.2, 0.25) is 21.7 Å². The predicted molar refractivity (Wildman–Crippen MR) is 102 cm³/mol. The molecule has 1 atom stereocenters. The van der Waals surface area contributed by atoms with Crippen molar-refractivity contribution in [3.05, 3.63) is 54.1 Å². The lowest BCUT2D eigenvalue weighted by molar-refractivity contribution is 0.247. The van der Waals surface area contributed by atoms with Gasteiger partial charge in [-0.2, -0.15) is 9.29 Å². The first-order valence-electron chi connectivity index (χ1n) is 9.29. The fraction of sp³-hybridized carbons (Fsp3) is 0.368. The molecule has 1 saturated heterocycles. The van der Waals surface area contributed by atoms with Crippen molar-refractivity contribution in [1.82, 2.24) is 24.4 Å². The van der Waals surface area contributed by atoms with E-state index >= 15 is 0 Å². The van der Waals surface area contributed by atoms with Crippen molar-refractivity contribution in [3.8, 4) is 11.5 Å². The van der Waals surface area contributed by atoms with Crippen LogP contribution in [0.2, 0.25) is 0 Å². The Balaban J connectivity index is 1.48. The molecule has 8 nitrogen and oxygen atoms in total. The molecule has 0 bridgehead atoms. The summed E-state index contributed by atoms with van der Waals surface area (Å²) in [6.07, 6.45) is 6.72. The normalized spacial score (nSPS) is 18.1. The molecule has 3 heterocycles. The van der Waals surface area contributed by atoms with Gasteiger partial charge in [0.05, 0.1) is 11.1 Å². The number of nitrogens with zero attached hydrogens (tertiary/aromatic N) is 5. The number of aryl methyl sites for hydroxylation is 1. The summed E-state index contributed by atoms with van der Waals surface area (Å²) in [7, 11) is -3.69. The van der Waals surface area contributed by atoms with Crippen LogP contribution >= 0.6 is 0 Å². The van der Waals surface area contributed by atoms with Crippen LogP contribution in [0, 0.1) is 18.7 Å². The minimum absolute atomic E-state index is 0.0504. The zero-order valence-electron chi connectivity index (χ0n) is 15.8. The highest BCUT2D eigenvalue weighted by molar-refractivity contribution is 7.89. The molecule has 10 heteroatoms. The topological polar surface area (TPSA) is 102 Å². The smallest absolute Gasteiger partial charge is 0.243 e. The van der Waals surface area contributed by atoms with Crippen molar-refractivity contribution in [2.45, 2.75) is 31.1 Å². The number of sulfonamides is 1. The van der Waals surface area contributed by atoms with Gasteiger partial charge in [-0.1, -0.05) is 5.16 Å². The molecular weight excluding hydrogens is 397 g/mol. The lowest BCUT2D eigenvalue weighted by Gasteiger charge is -2.31. The Bertz CT molecular complexity index is 1100. The molecule has 3 aromatic rings. The maximum Gasteiger partial charge on any atom is 0.243 e. The van der Waals surface area contributed by atoms with Crippen LogP contribution in [0.3, 0.4) is 0 Å². The summed E-state index contributed by atoms with van der Waals surface area (Å²) in [5.41, 5.74) is 0.916. The molecule has 0 spiro atoms. The van der Waals surface area contributed by atoms with E-state index in [1.165, 1.54) is 22.5 Å². The highest BCUT2D eigenvalue weighted by Crippen LogP contribution is 2.27. The van der Waals surface area contributed by atoms with E-state index in [0.29, 0.717) is 42.5 Å². The van der Waals surface area contributed by atoms with Gasteiger partial charge in [-0.25, -0.2) is 17.8 Å². The van der Waals surface area contributed by atoms with Crippen LogP contribution in [0.5, 0.6) is 0 Å². The number of rotatable bonds is 5. The Kier molecular flexibility index (Phi) is 5.37. The summed E-state index contributed by atoms with van der Waals surface area (Å²) in [6.45, 7) is 2.39. The summed E-state index contributed by atoms with van der Waals surface area (Å²) >= 11 is 0. The Morgan fingerprint density at radius 2 is 2.17 bits per heavy atom. The molecule has 0 aliphatic carbocycles. The molecule has 0 radical (unpaired) electrons. The van der Waals surface area contributed by atoms with Gasteiger partial charge in [-0.15, -0.1) is 0 Å². The lowest BCUT2D eigenvalue weighted by Crippen LogP contribution is -2.40. The molecule has 1 unspecified atom stereocenters. The van der Waals surface area contributed by atoms with E-state index in [2.05, 4.69) is 20.1 Å². The summed E-state index contributed by atoms with van der Waals surface area (Å²) in [6, 6.07) is 3.74. The molecule has 29 heavy (non-hydrogen) atoms. The van der Waals surface area contributed by atoms with Gasteiger partial charge in [0, 0.05) is 31.9 Å². The summed E-state index contributed by atoms with van der Waals surface area (Å²) < 4.78 is 46.2. The van der Waals surface area contributed by atoms with Crippen LogP contribution in [0.1, 0.15) is 24.3 Å². The summed E-state index contributed by atoms with van der Waals surface area (Å²) in [5, 5.41) is 3.93. The van der Waals surface area contributed by atoms with E-state index in [1.54, 1.807) is 25.5 Å². The average molecular weight is 417 g/mol. The zero-order chi connectivity index (χ0) is 20.4. The van der Waals surface area contributed by atoms with Crippen molar-refractivity contribution in [2.75, 3.05) is 13.1 Å². The minimum Gasteiger partial charge on any atom is -0.339 e. The second-order valence-corrected chi connectivity index (χ2v) is 8.99. The second-order valence-electron chi connectivity index (χ2n) is 7.09. The van der Waals surface area contributed by atoms with Crippen LogP contribution < -0.4 is 0 Å². The standard InChI is InChI=1S/C19H20FN5O3S/c1-13-9-15(20)4-5-17(13)29(26,27)25-8-2-3-14(12-25)10-18-23-19(24-28-18)16-11-21-6-7-22-16/h4-7,9,11,14H,2-3,8,10,12H2,1H3. The summed E-state index contributed by atoms with van der Waals surface area (Å²) in [5.74, 6) is 0.394. The van der Waals surface area contributed by atoms with Gasteiger partial charge < -0.3 is 4.52 Å². The van der Waals surface area contributed by atoms with Crippen LogP contribution in [-0.2, 0) is 16.4 Å². The Morgan fingerprint density at radius 3 is 2.93 bits per heavy atom. The molecule has 2 aromatic heterocycles. The zero-order valence-corrected chi connectivity index (χ0v) is 16.6. The third-order valence-corrected chi connectivity index (χ3v) is 6.99. The monoisotopic (exact) mass is 417 g/mol. The maximum atomic E-state index is 13.4. The molecule has 0 N–H and O–H groups in total. The van der Waals surface area contributed by atoms with Gasteiger partial charge >= 0.3 is 0 Å². The minimum atomic E-state index is -3.69. The van der Waals surface area contributed by atoms with E-state index in [-0.39, 0.29) is 10.8 Å². The molecular formula is C19H20FN5O3S. The van der Waals surface area contributed by atoms with Gasteiger partial charge in [0.15, 0.2) is 0 Å². The molecule has 1 fully saturated rings. The number of piperidine rings is 1. The van der Waals surface area contributed by atoms with E-state index < -0.39 is 15.8 Å². The fourth-order valence-corrected chi connectivity index (χ4v) is 5.32. The molecule has 1 aliphatic rings. The number of benzene rings is 1. The van der Waals surface area contributed by atoms with Crippen LogP contribution in [0.4, 0.5) is 4.39 Å².